The van der Waals surface area contributed by atoms with Crippen molar-refractivity contribution in [2.45, 2.75) is 6.42 Å². The minimum atomic E-state index is -0.313. The Balaban J connectivity index is 3.64. The van der Waals surface area contributed by atoms with Crippen molar-refractivity contribution in [2.24, 2.45) is 5.73 Å². The first-order chi connectivity index (χ1) is 7.11. The molecule has 0 saturated heterocycles. The summed E-state index contributed by atoms with van der Waals surface area (Å²) < 4.78 is 0. The van der Waals surface area contributed by atoms with Gasteiger partial charge >= 0.3 is 0 Å². The minimum absolute atomic E-state index is 0.0199. The number of hydrogen-bond acceptors (Lipinski definition) is 4. The fourth-order valence-electron chi connectivity index (χ4n) is 0.999. The molecule has 2 amide bonds. The second-order valence-electron chi connectivity index (χ2n) is 3.25. The maximum absolute atomic E-state index is 11.4. The summed E-state index contributed by atoms with van der Waals surface area (Å²) in [5, 5.41) is 5.43. The molecule has 0 atom stereocenters. The van der Waals surface area contributed by atoms with Crippen LogP contribution in [0.4, 0.5) is 0 Å². The highest BCUT2D eigenvalue weighted by atomic mass is 16.2. The third-order valence-electron chi connectivity index (χ3n) is 1.97. The van der Waals surface area contributed by atoms with Gasteiger partial charge in [-0.05, 0) is 20.0 Å². The van der Waals surface area contributed by atoms with Crippen LogP contribution in [0.25, 0.3) is 0 Å². The molecule has 0 aromatic rings. The van der Waals surface area contributed by atoms with Gasteiger partial charge in [-0.3, -0.25) is 9.59 Å². The molecular weight excluding hydrogens is 196 g/mol. The minimum Gasteiger partial charge on any atom is -0.346 e. The number of nitrogens with two attached hydrogens (primary N) is 1. The molecule has 0 heterocycles. The van der Waals surface area contributed by atoms with E-state index in [9.17, 15) is 9.59 Å². The van der Waals surface area contributed by atoms with E-state index in [1.807, 2.05) is 7.05 Å². The zero-order chi connectivity index (χ0) is 11.7. The Morgan fingerprint density at radius 2 is 2.07 bits per heavy atom. The Bertz CT molecular complexity index is 208. The number of hydrogen-bond donors (Lipinski definition) is 3. The molecule has 6 heteroatoms. The van der Waals surface area contributed by atoms with Crippen LogP contribution in [0.15, 0.2) is 0 Å². The summed E-state index contributed by atoms with van der Waals surface area (Å²) in [4.78, 5) is 23.8. The quantitative estimate of drug-likeness (QED) is 0.435. The van der Waals surface area contributed by atoms with Crippen LogP contribution in [-0.4, -0.2) is 57.0 Å². The van der Waals surface area contributed by atoms with Gasteiger partial charge < -0.3 is 21.3 Å². The van der Waals surface area contributed by atoms with Gasteiger partial charge in [-0.1, -0.05) is 0 Å². The predicted molar refractivity (Wildman–Crippen MR) is 58.2 cm³/mol. The summed E-state index contributed by atoms with van der Waals surface area (Å²) in [6.07, 6.45) is 0.892. The van der Waals surface area contributed by atoms with Crippen molar-refractivity contribution in [3.05, 3.63) is 0 Å². The van der Waals surface area contributed by atoms with Crippen LogP contribution in [0, 0.1) is 0 Å². The maximum Gasteiger partial charge on any atom is 0.241 e. The molecule has 0 fully saturated rings. The average Bonchev–Trinajstić information content (AvgIpc) is 2.25. The topological polar surface area (TPSA) is 87.5 Å². The van der Waals surface area contributed by atoms with Crippen molar-refractivity contribution in [2.75, 3.05) is 40.3 Å². The molecule has 0 aliphatic heterocycles. The number of carbonyl (C=O) groups excluding carboxylic acids is 2. The Morgan fingerprint density at radius 1 is 1.40 bits per heavy atom. The second-order valence-corrected chi connectivity index (χ2v) is 3.25. The normalized spacial score (nSPS) is 9.80. The third kappa shape index (κ3) is 6.87. The zero-order valence-electron chi connectivity index (χ0n) is 9.38. The largest absolute Gasteiger partial charge is 0.346 e. The van der Waals surface area contributed by atoms with Crippen molar-refractivity contribution in [3.8, 4) is 0 Å². The molecule has 0 bridgehead atoms. The molecule has 0 unspecified atom stereocenters. The molecule has 88 valence electrons. The lowest BCUT2D eigenvalue weighted by atomic mass is 10.4. The summed E-state index contributed by atoms with van der Waals surface area (Å²) >= 11 is 0. The molecule has 0 spiro atoms. The smallest absolute Gasteiger partial charge is 0.241 e. The lowest BCUT2D eigenvalue weighted by molar-refractivity contribution is -0.131. The molecule has 0 aromatic heterocycles. The molecule has 0 aromatic carbocycles. The van der Waals surface area contributed by atoms with Crippen LogP contribution >= 0.6 is 0 Å². The fraction of sp³-hybridized carbons (Fsp3) is 0.778. The number of nitrogens with one attached hydrogen (secondary N) is 2. The number of likely N-dealkylation sites (N-methyl/N-ethyl adjacent to an activating group) is 1. The molecular formula is C9H20N4O2. The van der Waals surface area contributed by atoms with E-state index in [1.165, 1.54) is 0 Å². The molecule has 0 radical (unpaired) electrons. The first kappa shape index (κ1) is 13.9. The van der Waals surface area contributed by atoms with Crippen molar-refractivity contribution < 1.29 is 9.59 Å². The fourth-order valence-corrected chi connectivity index (χ4v) is 0.999. The maximum atomic E-state index is 11.4. The van der Waals surface area contributed by atoms with Gasteiger partial charge in [0.25, 0.3) is 0 Å². The first-order valence-electron chi connectivity index (χ1n) is 4.97. The van der Waals surface area contributed by atoms with E-state index in [4.69, 9.17) is 5.73 Å². The molecule has 0 rings (SSSR count). The summed E-state index contributed by atoms with van der Waals surface area (Å²) in [7, 11) is 3.58. The Hall–Kier alpha value is -1.14. The van der Waals surface area contributed by atoms with Gasteiger partial charge in [-0.25, -0.2) is 0 Å². The second kappa shape index (κ2) is 8.19. The van der Waals surface area contributed by atoms with E-state index in [0.29, 0.717) is 6.54 Å². The molecule has 0 saturated carbocycles. The van der Waals surface area contributed by atoms with E-state index in [-0.39, 0.29) is 24.9 Å². The molecule has 0 aliphatic carbocycles. The standard InChI is InChI=1S/C9H20N4O2/c1-11-4-3-5-13(2)9(15)7-12-8(14)6-10/h11H,3-7,10H2,1-2H3,(H,12,14). The highest BCUT2D eigenvalue weighted by molar-refractivity contribution is 5.85. The Labute approximate surface area is 90.2 Å². The van der Waals surface area contributed by atoms with Gasteiger partial charge in [0.2, 0.25) is 11.8 Å². The van der Waals surface area contributed by atoms with E-state index in [2.05, 4.69) is 10.6 Å². The number of carbonyl (C=O) groups is 2. The van der Waals surface area contributed by atoms with Gasteiger partial charge in [0, 0.05) is 13.6 Å². The molecule has 6 nitrogen and oxygen atoms in total. The highest BCUT2D eigenvalue weighted by Crippen LogP contribution is 1.87. The van der Waals surface area contributed by atoms with Crippen LogP contribution in [0.2, 0.25) is 0 Å². The van der Waals surface area contributed by atoms with Crippen molar-refractivity contribution in [1.82, 2.24) is 15.5 Å². The van der Waals surface area contributed by atoms with Crippen molar-refractivity contribution in [3.63, 3.8) is 0 Å². The van der Waals surface area contributed by atoms with Crippen LogP contribution in [0.5, 0.6) is 0 Å². The van der Waals surface area contributed by atoms with Crippen LogP contribution in [0.3, 0.4) is 0 Å². The monoisotopic (exact) mass is 216 g/mol. The third-order valence-corrected chi connectivity index (χ3v) is 1.97. The van der Waals surface area contributed by atoms with Gasteiger partial charge in [0.05, 0.1) is 13.1 Å². The van der Waals surface area contributed by atoms with E-state index in [1.54, 1.807) is 11.9 Å². The molecule has 15 heavy (non-hydrogen) atoms. The van der Waals surface area contributed by atoms with Gasteiger partial charge in [-0.15, -0.1) is 0 Å². The first-order valence-corrected chi connectivity index (χ1v) is 4.97. The SMILES string of the molecule is CNCCCN(C)C(=O)CNC(=O)CN. The number of amides is 2. The van der Waals surface area contributed by atoms with Gasteiger partial charge in [0.1, 0.15) is 0 Å². The summed E-state index contributed by atoms with van der Waals surface area (Å²) in [6, 6.07) is 0. The lowest BCUT2D eigenvalue weighted by Gasteiger charge is -2.17. The van der Waals surface area contributed by atoms with Crippen molar-refractivity contribution in [1.29, 1.82) is 0 Å². The van der Waals surface area contributed by atoms with Gasteiger partial charge in [0.15, 0.2) is 0 Å². The van der Waals surface area contributed by atoms with Crippen LogP contribution in [0.1, 0.15) is 6.42 Å². The van der Waals surface area contributed by atoms with E-state index in [0.717, 1.165) is 13.0 Å². The number of rotatable bonds is 7. The molecule has 0 aliphatic rings. The summed E-state index contributed by atoms with van der Waals surface area (Å²) in [5.41, 5.74) is 5.09. The average molecular weight is 216 g/mol. The van der Waals surface area contributed by atoms with Crippen LogP contribution in [-0.2, 0) is 9.59 Å². The van der Waals surface area contributed by atoms with Crippen molar-refractivity contribution >= 4 is 11.8 Å². The van der Waals surface area contributed by atoms with Gasteiger partial charge in [-0.2, -0.15) is 0 Å². The van der Waals surface area contributed by atoms with E-state index >= 15 is 0 Å². The predicted octanol–water partition coefficient (Wildman–Crippen LogP) is -1.87. The Kier molecular flexibility index (Phi) is 7.57. The lowest BCUT2D eigenvalue weighted by Crippen LogP contribution is -2.40. The van der Waals surface area contributed by atoms with Crippen LogP contribution < -0.4 is 16.4 Å². The number of nitrogens with zero attached hydrogens (tertiary/aromatic N) is 1. The Morgan fingerprint density at radius 3 is 2.60 bits per heavy atom. The highest BCUT2D eigenvalue weighted by Gasteiger charge is 2.08. The summed E-state index contributed by atoms with van der Waals surface area (Å²) in [6.45, 7) is 1.48. The zero-order valence-corrected chi connectivity index (χ0v) is 9.38. The molecule has 4 N–H and O–H groups in total. The van der Waals surface area contributed by atoms with E-state index < -0.39 is 0 Å². The summed E-state index contributed by atoms with van der Waals surface area (Å²) in [5.74, 6) is -0.417.